The van der Waals surface area contributed by atoms with Gasteiger partial charge in [-0.25, -0.2) is 0 Å². The Balaban J connectivity index is 1.78. The van der Waals surface area contributed by atoms with Gasteiger partial charge in [-0.15, -0.1) is 0 Å². The largest absolute Gasteiger partial charge is 0.594 e. The van der Waals surface area contributed by atoms with E-state index in [0.29, 0.717) is 23.3 Å². The highest BCUT2D eigenvalue weighted by atomic mass is 16.5. The topological polar surface area (TPSA) is 122 Å². The highest BCUT2D eigenvalue weighted by Gasteiger charge is 2.40. The predicted molar refractivity (Wildman–Crippen MR) is 93.1 cm³/mol. The number of carbonyl (C=O) groups excluding carboxylic acids is 3. The average molecular weight is 358 g/mol. The monoisotopic (exact) mass is 358 g/mol. The molecule has 0 spiro atoms. The van der Waals surface area contributed by atoms with Crippen LogP contribution in [0.4, 0.5) is 0 Å². The number of amides is 3. The van der Waals surface area contributed by atoms with Crippen LogP contribution in [0.25, 0.3) is 0 Å². The lowest BCUT2D eigenvalue weighted by atomic mass is 10.0. The fourth-order valence-electron chi connectivity index (χ4n) is 3.15. The Morgan fingerprint density at radius 2 is 2.19 bits per heavy atom. The minimum atomic E-state index is -0.673. The fraction of sp³-hybridized carbons (Fsp3) is 0.333. The van der Waals surface area contributed by atoms with Crippen molar-refractivity contribution in [3.05, 3.63) is 41.2 Å². The van der Waals surface area contributed by atoms with Crippen molar-refractivity contribution in [1.29, 1.82) is 5.41 Å². The van der Waals surface area contributed by atoms with Gasteiger partial charge in [0.15, 0.2) is 6.61 Å². The summed E-state index contributed by atoms with van der Waals surface area (Å²) in [6.45, 7) is 1.78. The number of rotatable bonds is 5. The van der Waals surface area contributed by atoms with Gasteiger partial charge in [0.1, 0.15) is 11.8 Å². The van der Waals surface area contributed by atoms with E-state index >= 15 is 0 Å². The van der Waals surface area contributed by atoms with Crippen LogP contribution in [0.5, 0.6) is 5.75 Å². The first-order valence-electron chi connectivity index (χ1n) is 8.23. The number of hydrogen-bond acceptors (Lipinski definition) is 5. The van der Waals surface area contributed by atoms with Gasteiger partial charge in [0.2, 0.25) is 11.8 Å². The molecule has 0 saturated carbocycles. The van der Waals surface area contributed by atoms with Gasteiger partial charge in [-0.05, 0) is 25.5 Å². The second-order valence-electron chi connectivity index (χ2n) is 6.32. The first-order valence-corrected chi connectivity index (χ1v) is 8.23. The molecule has 1 unspecified atom stereocenters. The lowest BCUT2D eigenvalue weighted by Gasteiger charge is -2.29. The second kappa shape index (κ2) is 6.99. The summed E-state index contributed by atoms with van der Waals surface area (Å²) in [6.07, 6.45) is 1.90. The molecule has 4 N–H and O–H groups in total. The maximum atomic E-state index is 12.7. The summed E-state index contributed by atoms with van der Waals surface area (Å²) < 4.78 is 5.65. The summed E-state index contributed by atoms with van der Waals surface area (Å²) >= 11 is 0. The van der Waals surface area contributed by atoms with Crippen molar-refractivity contribution in [3.63, 3.8) is 0 Å². The molecule has 1 aromatic rings. The van der Waals surface area contributed by atoms with Crippen molar-refractivity contribution in [2.24, 2.45) is 0 Å². The Morgan fingerprint density at radius 3 is 2.88 bits per heavy atom. The van der Waals surface area contributed by atoms with Crippen LogP contribution in [0, 0.1) is 5.41 Å². The number of piperidine rings is 1. The van der Waals surface area contributed by atoms with Gasteiger partial charge in [-0.2, -0.15) is 0 Å². The molecule has 3 amide bonds. The molecule has 1 aromatic carbocycles. The minimum absolute atomic E-state index is 0.0146. The summed E-state index contributed by atoms with van der Waals surface area (Å²) in [5.41, 5.74) is 1.39. The van der Waals surface area contributed by atoms with Crippen molar-refractivity contribution in [2.45, 2.75) is 32.4 Å². The molecular formula is C18H20N3O5+. The standard InChI is InChI=1S/C18H19N3O5/c1-10(19)7-11(22)9-26-15-4-2-3-12-13(15)8-21(18(12)25)14-5-6-16(23)20-17(14)24/h2-4,7,14,19,22H,5-6,8-9H2,1H3,(H,20,23,24)/p+1/b11-7-,19-10?. The van der Waals surface area contributed by atoms with Crippen LogP contribution in [0.15, 0.2) is 30.0 Å². The van der Waals surface area contributed by atoms with E-state index in [4.69, 9.17) is 15.3 Å². The summed E-state index contributed by atoms with van der Waals surface area (Å²) in [4.78, 5) is 37.5. The molecule has 1 saturated heterocycles. The molecule has 0 radical (unpaired) electrons. The fourth-order valence-corrected chi connectivity index (χ4v) is 3.15. The summed E-state index contributed by atoms with van der Waals surface area (Å²) in [7, 11) is 0. The number of fused-ring (bicyclic) bond motifs is 1. The van der Waals surface area contributed by atoms with Crippen molar-refractivity contribution < 1.29 is 24.2 Å². The zero-order valence-electron chi connectivity index (χ0n) is 14.3. The minimum Gasteiger partial charge on any atom is -0.594 e. The van der Waals surface area contributed by atoms with Crippen LogP contribution in [0.3, 0.4) is 0 Å². The van der Waals surface area contributed by atoms with E-state index in [-0.39, 0.29) is 42.9 Å². The van der Waals surface area contributed by atoms with Gasteiger partial charge < -0.3 is 20.2 Å². The number of imide groups is 1. The third kappa shape index (κ3) is 3.44. The molecular weight excluding hydrogens is 338 g/mol. The zero-order chi connectivity index (χ0) is 18.8. The first-order chi connectivity index (χ1) is 12.4. The molecule has 2 aliphatic heterocycles. The second-order valence-corrected chi connectivity index (χ2v) is 6.32. The Kier molecular flexibility index (Phi) is 4.75. The van der Waals surface area contributed by atoms with Crippen LogP contribution in [-0.2, 0) is 16.1 Å². The number of carbonyl (C=O) groups is 3. The van der Waals surface area contributed by atoms with Crippen LogP contribution in [0.2, 0.25) is 0 Å². The molecule has 2 heterocycles. The van der Waals surface area contributed by atoms with E-state index < -0.39 is 11.9 Å². The highest BCUT2D eigenvalue weighted by Crippen LogP contribution is 2.33. The summed E-state index contributed by atoms with van der Waals surface area (Å²) in [6, 6.07) is 4.41. The first kappa shape index (κ1) is 17.7. The van der Waals surface area contributed by atoms with Crippen molar-refractivity contribution in [3.8, 4) is 5.75 Å². The van der Waals surface area contributed by atoms with E-state index in [1.165, 1.54) is 11.0 Å². The molecule has 0 aliphatic carbocycles. The number of nitrogens with one attached hydrogen (secondary N) is 2. The number of hydrogen-bond donors (Lipinski definition) is 2. The third-order valence-corrected chi connectivity index (χ3v) is 4.31. The molecule has 1 fully saturated rings. The van der Waals surface area contributed by atoms with Gasteiger partial charge in [0, 0.05) is 23.3 Å². The highest BCUT2D eigenvalue weighted by molar-refractivity contribution is 6.05. The quantitative estimate of drug-likeness (QED) is 0.344. The van der Waals surface area contributed by atoms with Gasteiger partial charge >= 0.3 is 0 Å². The van der Waals surface area contributed by atoms with E-state index in [0.717, 1.165) is 0 Å². The molecule has 136 valence electrons. The zero-order valence-corrected chi connectivity index (χ0v) is 14.3. The smallest absolute Gasteiger partial charge is 0.269 e. The Hall–Kier alpha value is -3.16. The molecule has 0 bridgehead atoms. The van der Waals surface area contributed by atoms with Crippen molar-refractivity contribution in [1.82, 2.24) is 10.2 Å². The van der Waals surface area contributed by atoms with Gasteiger partial charge in [0.25, 0.3) is 11.7 Å². The Morgan fingerprint density at radius 1 is 1.42 bits per heavy atom. The Bertz CT molecular complexity index is 830. The van der Waals surface area contributed by atoms with E-state index in [1.54, 1.807) is 25.1 Å². The molecule has 8 heteroatoms. The average Bonchev–Trinajstić information content (AvgIpc) is 2.90. The molecule has 0 aromatic heterocycles. The van der Waals surface area contributed by atoms with E-state index in [9.17, 15) is 14.4 Å². The number of allylic oxidation sites excluding steroid dienone is 1. The maximum absolute atomic E-state index is 12.7. The van der Waals surface area contributed by atoms with Crippen LogP contribution in [-0.4, -0.2) is 46.1 Å². The molecule has 1 atom stereocenters. The van der Waals surface area contributed by atoms with Gasteiger partial charge in [-0.3, -0.25) is 19.7 Å². The van der Waals surface area contributed by atoms with E-state index in [1.807, 2.05) is 0 Å². The van der Waals surface area contributed by atoms with Gasteiger partial charge in [0.05, 0.1) is 12.6 Å². The van der Waals surface area contributed by atoms with Crippen molar-refractivity contribution in [2.75, 3.05) is 6.61 Å². The molecule has 26 heavy (non-hydrogen) atoms. The lowest BCUT2D eigenvalue weighted by Crippen LogP contribution is -2.52. The molecule has 8 nitrogen and oxygen atoms in total. The van der Waals surface area contributed by atoms with Crippen LogP contribution < -0.4 is 10.1 Å². The summed E-state index contributed by atoms with van der Waals surface area (Å²) in [5, 5.41) is 17.4. The number of nitrogens with zero attached hydrogens (tertiary/aromatic N) is 1. The lowest BCUT2D eigenvalue weighted by molar-refractivity contribution is -0.136. The normalized spacial score (nSPS) is 20.0. The third-order valence-electron chi connectivity index (χ3n) is 4.31. The predicted octanol–water partition coefficient (Wildman–Crippen LogP) is 0.475. The van der Waals surface area contributed by atoms with E-state index in [2.05, 4.69) is 5.32 Å². The maximum Gasteiger partial charge on any atom is 0.269 e. The molecule has 3 rings (SSSR count). The van der Waals surface area contributed by atoms with Gasteiger partial charge in [-0.1, -0.05) is 6.07 Å². The van der Waals surface area contributed by atoms with Crippen molar-refractivity contribution >= 4 is 23.4 Å². The summed E-state index contributed by atoms with van der Waals surface area (Å²) in [5.74, 6) is -0.414. The SMILES string of the molecule is CC(=N)/C=C(\[OH2+])COc1cccc2c1CN(C1CCC(=O)NC1=O)C2=O. The molecule has 2 aliphatic rings. The van der Waals surface area contributed by atoms with Crippen LogP contribution >= 0.6 is 0 Å². The number of ether oxygens (including phenoxy) is 1. The Labute approximate surface area is 149 Å². The number of benzene rings is 1. The van der Waals surface area contributed by atoms with Crippen LogP contribution in [0.1, 0.15) is 35.7 Å².